The Hall–Kier alpha value is -1.81. The first-order chi connectivity index (χ1) is 10.2. The number of benzene rings is 1. The maximum Gasteiger partial charge on any atom is 0.573 e. The number of hydrogen-bond donors (Lipinski definition) is 1. The van der Waals surface area contributed by atoms with Gasteiger partial charge in [0.2, 0.25) is 0 Å². The zero-order valence-electron chi connectivity index (χ0n) is 10.6. The van der Waals surface area contributed by atoms with Gasteiger partial charge in [-0.15, -0.1) is 13.2 Å². The molecule has 0 spiro atoms. The molecule has 2 rings (SSSR count). The van der Waals surface area contributed by atoms with Gasteiger partial charge in [0, 0.05) is 16.9 Å². The molecule has 1 N–H and O–H groups in total. The number of alkyl halides is 3. The Morgan fingerprint density at radius 1 is 1.23 bits per heavy atom. The molecule has 0 unspecified atom stereocenters. The highest BCUT2D eigenvalue weighted by atomic mass is 79.9. The maximum absolute atomic E-state index is 12.4. The highest BCUT2D eigenvalue weighted by Gasteiger charge is 2.32. The van der Waals surface area contributed by atoms with Crippen molar-refractivity contribution in [2.75, 3.05) is 4.72 Å². The van der Waals surface area contributed by atoms with Gasteiger partial charge in [0.05, 0.1) is 5.69 Å². The van der Waals surface area contributed by atoms with Gasteiger partial charge < -0.3 is 4.74 Å². The van der Waals surface area contributed by atoms with Gasteiger partial charge in [0.1, 0.15) is 4.90 Å². The van der Waals surface area contributed by atoms with E-state index >= 15 is 0 Å². The molecular formula is C12H8BrF3N2O3S. The zero-order chi connectivity index (χ0) is 16.4. The monoisotopic (exact) mass is 396 g/mol. The van der Waals surface area contributed by atoms with Crippen LogP contribution in [0.15, 0.2) is 52.1 Å². The van der Waals surface area contributed by atoms with Crippen LogP contribution >= 0.6 is 15.9 Å². The first-order valence-corrected chi connectivity index (χ1v) is 7.93. The van der Waals surface area contributed by atoms with Crippen LogP contribution in [0.4, 0.5) is 18.9 Å². The van der Waals surface area contributed by atoms with E-state index in [1.54, 1.807) is 0 Å². The third-order valence-electron chi connectivity index (χ3n) is 2.36. The van der Waals surface area contributed by atoms with Crippen molar-refractivity contribution in [3.8, 4) is 5.75 Å². The Bertz CT molecular complexity index is 767. The molecule has 1 heterocycles. The normalized spacial score (nSPS) is 12.0. The fraction of sp³-hybridized carbons (Fsp3) is 0.0833. The summed E-state index contributed by atoms with van der Waals surface area (Å²) in [6, 6.07) is 6.19. The van der Waals surface area contributed by atoms with Gasteiger partial charge in [-0.2, -0.15) is 0 Å². The number of nitrogens with one attached hydrogen (secondary N) is 1. The summed E-state index contributed by atoms with van der Waals surface area (Å²) in [6.45, 7) is 0. The maximum atomic E-state index is 12.4. The van der Waals surface area contributed by atoms with Crippen molar-refractivity contribution < 1.29 is 26.3 Å². The lowest BCUT2D eigenvalue weighted by Gasteiger charge is -2.15. The number of anilines is 1. The molecule has 0 saturated carbocycles. The Balaban J connectivity index is 2.37. The predicted molar refractivity (Wildman–Crippen MR) is 75.9 cm³/mol. The lowest BCUT2D eigenvalue weighted by atomic mass is 10.3. The van der Waals surface area contributed by atoms with Crippen LogP contribution in [0.2, 0.25) is 0 Å². The number of halogens is 4. The molecule has 5 nitrogen and oxygen atoms in total. The lowest BCUT2D eigenvalue weighted by Crippen LogP contribution is -2.20. The molecule has 0 fully saturated rings. The van der Waals surface area contributed by atoms with Crippen LogP contribution in [0.25, 0.3) is 0 Å². The Morgan fingerprint density at radius 3 is 2.55 bits per heavy atom. The van der Waals surface area contributed by atoms with Gasteiger partial charge in [-0.25, -0.2) is 8.42 Å². The quantitative estimate of drug-likeness (QED) is 0.857. The summed E-state index contributed by atoms with van der Waals surface area (Å²) in [5.74, 6) is -0.672. The molecule has 0 atom stereocenters. The van der Waals surface area contributed by atoms with Crippen LogP contribution < -0.4 is 9.46 Å². The van der Waals surface area contributed by atoms with Crippen LogP contribution in [0.1, 0.15) is 0 Å². The highest BCUT2D eigenvalue weighted by Crippen LogP contribution is 2.34. The van der Waals surface area contributed by atoms with E-state index in [0.29, 0.717) is 4.47 Å². The molecule has 0 radical (unpaired) electrons. The van der Waals surface area contributed by atoms with E-state index in [0.717, 1.165) is 18.3 Å². The van der Waals surface area contributed by atoms with Crippen LogP contribution in [0.5, 0.6) is 5.75 Å². The van der Waals surface area contributed by atoms with E-state index in [1.165, 1.54) is 24.4 Å². The van der Waals surface area contributed by atoms with E-state index in [9.17, 15) is 21.6 Å². The molecule has 118 valence electrons. The number of ether oxygens (including phenoxy) is 1. The van der Waals surface area contributed by atoms with Crippen LogP contribution in [-0.4, -0.2) is 19.8 Å². The van der Waals surface area contributed by atoms with Crippen LogP contribution in [0.3, 0.4) is 0 Å². The number of aromatic nitrogens is 1. The smallest absolute Gasteiger partial charge is 0.403 e. The summed E-state index contributed by atoms with van der Waals surface area (Å²) in [4.78, 5) is 3.47. The number of nitrogens with zero attached hydrogens (tertiary/aromatic N) is 1. The molecule has 0 aliphatic rings. The molecule has 0 amide bonds. The number of sulfonamides is 1. The van der Waals surface area contributed by atoms with E-state index < -0.39 is 22.1 Å². The predicted octanol–water partition coefficient (Wildman–Crippen LogP) is 3.54. The van der Waals surface area contributed by atoms with Crippen molar-refractivity contribution in [3.05, 3.63) is 47.2 Å². The standard InChI is InChI=1S/C12H8BrF3N2O3S/c13-8-3-4-10(11(6-8)21-12(14,15)16)18-22(19,20)9-2-1-5-17-7-9/h1-7,18H. The average molecular weight is 397 g/mol. The highest BCUT2D eigenvalue weighted by molar-refractivity contribution is 9.10. The minimum atomic E-state index is -4.95. The molecule has 0 aliphatic carbocycles. The second-order valence-electron chi connectivity index (χ2n) is 3.98. The Morgan fingerprint density at radius 2 is 1.95 bits per heavy atom. The SMILES string of the molecule is O=S(=O)(Nc1ccc(Br)cc1OC(F)(F)F)c1cccnc1. The van der Waals surface area contributed by atoms with Gasteiger partial charge >= 0.3 is 6.36 Å². The van der Waals surface area contributed by atoms with Crippen LogP contribution in [0, 0.1) is 0 Å². The third kappa shape index (κ3) is 4.34. The Kier molecular flexibility index (Phi) is 4.61. The average Bonchev–Trinajstić information content (AvgIpc) is 2.41. The van der Waals surface area contributed by atoms with Crippen molar-refractivity contribution in [2.24, 2.45) is 0 Å². The molecule has 0 aliphatic heterocycles. The third-order valence-corrected chi connectivity index (χ3v) is 4.20. The molecule has 10 heteroatoms. The summed E-state index contributed by atoms with van der Waals surface area (Å²) in [5, 5.41) is 0. The van der Waals surface area contributed by atoms with Crippen molar-refractivity contribution in [3.63, 3.8) is 0 Å². The van der Waals surface area contributed by atoms with Gasteiger partial charge in [0.25, 0.3) is 10.0 Å². The summed E-state index contributed by atoms with van der Waals surface area (Å²) in [7, 11) is -4.08. The fourth-order valence-electron chi connectivity index (χ4n) is 1.50. The van der Waals surface area contributed by atoms with Gasteiger partial charge in [-0.1, -0.05) is 15.9 Å². The van der Waals surface area contributed by atoms with Crippen molar-refractivity contribution in [1.82, 2.24) is 4.98 Å². The fourth-order valence-corrected chi connectivity index (χ4v) is 2.87. The van der Waals surface area contributed by atoms with Gasteiger partial charge in [0.15, 0.2) is 5.75 Å². The number of hydrogen-bond acceptors (Lipinski definition) is 4. The van der Waals surface area contributed by atoms with Crippen molar-refractivity contribution in [2.45, 2.75) is 11.3 Å². The molecule has 1 aromatic heterocycles. The molecule has 2 aromatic rings. The Labute approximate surface area is 132 Å². The zero-order valence-corrected chi connectivity index (χ0v) is 13.0. The molecule has 1 aromatic carbocycles. The molecule has 0 saturated heterocycles. The first-order valence-electron chi connectivity index (χ1n) is 5.65. The summed E-state index contributed by atoms with van der Waals surface area (Å²) < 4.78 is 67.5. The second kappa shape index (κ2) is 6.13. The minimum Gasteiger partial charge on any atom is -0.403 e. The van der Waals surface area contributed by atoms with E-state index in [4.69, 9.17) is 0 Å². The molecule has 22 heavy (non-hydrogen) atoms. The van der Waals surface area contributed by atoms with Crippen LogP contribution in [-0.2, 0) is 10.0 Å². The minimum absolute atomic E-state index is 0.184. The van der Waals surface area contributed by atoms with E-state index in [-0.39, 0.29) is 10.6 Å². The number of rotatable bonds is 4. The molecular weight excluding hydrogens is 389 g/mol. The number of pyridine rings is 1. The van der Waals surface area contributed by atoms with E-state index in [1.807, 2.05) is 4.72 Å². The van der Waals surface area contributed by atoms with Gasteiger partial charge in [-0.3, -0.25) is 9.71 Å². The van der Waals surface area contributed by atoms with Crippen molar-refractivity contribution >= 4 is 31.6 Å². The largest absolute Gasteiger partial charge is 0.573 e. The van der Waals surface area contributed by atoms with Crippen molar-refractivity contribution in [1.29, 1.82) is 0 Å². The van der Waals surface area contributed by atoms with E-state index in [2.05, 4.69) is 25.7 Å². The first kappa shape index (κ1) is 16.6. The summed E-state index contributed by atoms with van der Waals surface area (Å²) in [6.07, 6.45) is -2.50. The summed E-state index contributed by atoms with van der Waals surface area (Å²) >= 11 is 2.99. The second-order valence-corrected chi connectivity index (χ2v) is 6.58. The molecule has 0 bridgehead atoms. The van der Waals surface area contributed by atoms with Gasteiger partial charge in [-0.05, 0) is 30.3 Å². The topological polar surface area (TPSA) is 68.3 Å². The summed E-state index contributed by atoms with van der Waals surface area (Å²) in [5.41, 5.74) is -0.343. The lowest BCUT2D eigenvalue weighted by molar-refractivity contribution is -0.274.